The van der Waals surface area contributed by atoms with E-state index in [1.165, 1.54) is 0 Å². The maximum atomic E-state index is 11.1. The van der Waals surface area contributed by atoms with E-state index in [2.05, 4.69) is 45.8 Å². The Morgan fingerprint density at radius 2 is 1.59 bits per heavy atom. The molecule has 0 fully saturated rings. The fourth-order valence-electron chi connectivity index (χ4n) is 1.63. The number of carboxylic acid groups (broad SMARTS) is 1. The Balaban J connectivity index is 0. The summed E-state index contributed by atoms with van der Waals surface area (Å²) in [5, 5.41) is 8.08. The van der Waals surface area contributed by atoms with Gasteiger partial charge in [-0.2, -0.15) is 0 Å². The van der Waals surface area contributed by atoms with Crippen LogP contribution in [0, 0.1) is 0 Å². The third kappa shape index (κ3) is 11.1. The lowest BCUT2D eigenvalue weighted by molar-refractivity contribution is -0.139. The summed E-state index contributed by atoms with van der Waals surface area (Å²) >= 11 is 0. The van der Waals surface area contributed by atoms with Gasteiger partial charge in [-0.1, -0.05) is 20.1 Å². The molecule has 5 heteroatoms. The van der Waals surface area contributed by atoms with Crippen LogP contribution in [0.15, 0.2) is 24.3 Å². The van der Waals surface area contributed by atoms with E-state index in [-0.39, 0.29) is 11.5 Å². The second kappa shape index (κ2) is 12.0. The molecule has 0 aromatic carbocycles. The van der Waals surface area contributed by atoms with Crippen molar-refractivity contribution in [1.82, 2.24) is 4.90 Å². The van der Waals surface area contributed by atoms with Gasteiger partial charge in [0.25, 0.3) is 0 Å². The molecular weight excluding hydrogens is 282 g/mol. The van der Waals surface area contributed by atoms with Gasteiger partial charge >= 0.3 is 11.9 Å². The Labute approximate surface area is 134 Å². The van der Waals surface area contributed by atoms with Crippen LogP contribution in [0.2, 0.25) is 0 Å². The Morgan fingerprint density at radius 1 is 1.14 bits per heavy atom. The maximum Gasteiger partial charge on any atom is 0.333 e. The Kier molecular flexibility index (Phi) is 12.3. The molecule has 0 aliphatic heterocycles. The molecule has 5 nitrogen and oxygen atoms in total. The van der Waals surface area contributed by atoms with E-state index in [1.807, 2.05) is 0 Å². The van der Waals surface area contributed by atoms with E-state index >= 15 is 0 Å². The molecule has 0 aliphatic rings. The van der Waals surface area contributed by atoms with E-state index in [1.54, 1.807) is 13.8 Å². The van der Waals surface area contributed by atoms with E-state index in [9.17, 15) is 9.59 Å². The van der Waals surface area contributed by atoms with Crippen LogP contribution in [-0.4, -0.2) is 47.2 Å². The highest BCUT2D eigenvalue weighted by Gasteiger charge is 2.13. The van der Waals surface area contributed by atoms with E-state index < -0.39 is 5.97 Å². The van der Waals surface area contributed by atoms with Crippen LogP contribution < -0.4 is 0 Å². The highest BCUT2D eigenvalue weighted by atomic mass is 16.5. The number of hydrogen-bond donors (Lipinski definition) is 1. The Hall–Kier alpha value is -1.62. The zero-order valence-corrected chi connectivity index (χ0v) is 14.8. The van der Waals surface area contributed by atoms with Gasteiger partial charge in [-0.05, 0) is 41.0 Å². The quantitative estimate of drug-likeness (QED) is 0.550. The molecule has 0 heterocycles. The Bertz CT molecular complexity index is 378. The van der Waals surface area contributed by atoms with Crippen molar-refractivity contribution in [3.8, 4) is 0 Å². The highest BCUT2D eigenvalue weighted by Crippen LogP contribution is 2.04. The predicted octanol–water partition coefficient (Wildman–Crippen LogP) is 3.26. The first-order valence-electron chi connectivity index (χ1n) is 7.53. The summed E-state index contributed by atoms with van der Waals surface area (Å²) in [4.78, 5) is 23.2. The molecule has 0 saturated carbocycles. The smallest absolute Gasteiger partial charge is 0.333 e. The lowest BCUT2D eigenvalue weighted by Crippen LogP contribution is -2.39. The van der Waals surface area contributed by atoms with Crippen molar-refractivity contribution in [2.45, 2.75) is 60.0 Å². The van der Waals surface area contributed by atoms with Crippen molar-refractivity contribution in [1.29, 1.82) is 0 Å². The molecule has 0 spiro atoms. The molecule has 0 aromatic heterocycles. The molecular formula is C17H31NO4. The van der Waals surface area contributed by atoms with Gasteiger partial charge in [-0.3, -0.25) is 4.90 Å². The summed E-state index contributed by atoms with van der Waals surface area (Å²) in [7, 11) is 0. The number of carbonyl (C=O) groups is 2. The summed E-state index contributed by atoms with van der Waals surface area (Å²) in [6.07, 6.45) is 0.523. The minimum Gasteiger partial charge on any atom is -0.478 e. The van der Waals surface area contributed by atoms with Crippen LogP contribution in [-0.2, 0) is 14.3 Å². The van der Waals surface area contributed by atoms with Crippen molar-refractivity contribution >= 4 is 11.9 Å². The lowest BCUT2D eigenvalue weighted by atomic mass is 10.2. The molecule has 0 aromatic rings. The number of rotatable bonds is 8. The van der Waals surface area contributed by atoms with Gasteiger partial charge in [-0.15, -0.1) is 0 Å². The van der Waals surface area contributed by atoms with Gasteiger partial charge in [0.1, 0.15) is 6.61 Å². The van der Waals surface area contributed by atoms with Gasteiger partial charge in [0, 0.05) is 29.8 Å². The normalized spacial score (nSPS) is 10.2. The van der Waals surface area contributed by atoms with Crippen LogP contribution in [0.3, 0.4) is 0 Å². The molecule has 128 valence electrons. The van der Waals surface area contributed by atoms with Crippen molar-refractivity contribution in [3.63, 3.8) is 0 Å². The van der Waals surface area contributed by atoms with E-state index in [0.29, 0.717) is 30.7 Å². The minimum atomic E-state index is -0.900. The van der Waals surface area contributed by atoms with Crippen LogP contribution in [0.1, 0.15) is 48.0 Å². The topological polar surface area (TPSA) is 66.8 Å². The van der Waals surface area contributed by atoms with Crippen LogP contribution in [0.25, 0.3) is 0 Å². The lowest BCUT2D eigenvalue weighted by Gasteiger charge is -2.30. The number of ether oxygens (including phenoxy) is 1. The second-order valence-corrected chi connectivity index (χ2v) is 5.60. The van der Waals surface area contributed by atoms with Crippen molar-refractivity contribution in [3.05, 3.63) is 24.3 Å². The molecule has 0 saturated heterocycles. The molecule has 1 N–H and O–H groups in total. The standard InChI is InChI=1S/C12H23NO2.C5H8O2/c1-9(2)12(14)15-8-7-13(10(3)4)11(5)6;1-3-4(2)5(6)7/h10-11H,1,7-8H2,2-6H3;2-3H2,1H3,(H,6,7). The largest absolute Gasteiger partial charge is 0.478 e. The monoisotopic (exact) mass is 313 g/mol. The predicted molar refractivity (Wildman–Crippen MR) is 89.8 cm³/mol. The third-order valence-corrected chi connectivity index (χ3v) is 2.99. The minimum absolute atomic E-state index is 0.264. The molecule has 0 rings (SSSR count). The fraction of sp³-hybridized carbons (Fsp3) is 0.647. The molecule has 0 amide bonds. The zero-order chi connectivity index (χ0) is 17.9. The Morgan fingerprint density at radius 3 is 1.82 bits per heavy atom. The van der Waals surface area contributed by atoms with Crippen molar-refractivity contribution in [2.24, 2.45) is 0 Å². The number of nitrogens with zero attached hydrogens (tertiary/aromatic N) is 1. The van der Waals surface area contributed by atoms with Crippen LogP contribution in [0.5, 0.6) is 0 Å². The number of hydrogen-bond acceptors (Lipinski definition) is 4. The van der Waals surface area contributed by atoms with Gasteiger partial charge in [0.05, 0.1) is 0 Å². The van der Waals surface area contributed by atoms with Gasteiger partial charge in [-0.25, -0.2) is 9.59 Å². The molecule has 22 heavy (non-hydrogen) atoms. The summed E-state index contributed by atoms with van der Waals surface area (Å²) in [6.45, 7) is 20.0. The van der Waals surface area contributed by atoms with Crippen LogP contribution >= 0.6 is 0 Å². The first kappa shape index (κ1) is 22.7. The summed E-state index contributed by atoms with van der Waals surface area (Å²) in [5.74, 6) is -1.20. The molecule has 0 aliphatic carbocycles. The van der Waals surface area contributed by atoms with Crippen molar-refractivity contribution < 1.29 is 19.4 Å². The molecule has 0 bridgehead atoms. The second-order valence-electron chi connectivity index (χ2n) is 5.60. The summed E-state index contributed by atoms with van der Waals surface area (Å²) in [6, 6.07) is 0.932. The third-order valence-electron chi connectivity index (χ3n) is 2.99. The zero-order valence-electron chi connectivity index (χ0n) is 14.8. The number of esters is 1. The van der Waals surface area contributed by atoms with Crippen LogP contribution in [0.4, 0.5) is 0 Å². The summed E-state index contributed by atoms with van der Waals surface area (Å²) < 4.78 is 5.05. The first-order valence-corrected chi connectivity index (χ1v) is 7.53. The van der Waals surface area contributed by atoms with Gasteiger partial charge in [0.15, 0.2) is 0 Å². The molecule has 0 unspecified atom stereocenters. The number of aliphatic carboxylic acids is 1. The maximum absolute atomic E-state index is 11.1. The molecule has 0 atom stereocenters. The highest BCUT2D eigenvalue weighted by molar-refractivity contribution is 5.86. The number of carboxylic acids is 1. The SMILES string of the molecule is C=C(C)C(=O)OCCN(C(C)C)C(C)C.C=C(CC)C(=O)O. The fourth-order valence-corrected chi connectivity index (χ4v) is 1.63. The number of carbonyl (C=O) groups excluding carboxylic acids is 1. The first-order chi connectivity index (χ1) is 10.0. The van der Waals surface area contributed by atoms with Crippen molar-refractivity contribution in [2.75, 3.05) is 13.2 Å². The molecule has 0 radical (unpaired) electrons. The average Bonchev–Trinajstić information content (AvgIpc) is 2.41. The van der Waals surface area contributed by atoms with Gasteiger partial charge < -0.3 is 9.84 Å². The van der Waals surface area contributed by atoms with Gasteiger partial charge in [0.2, 0.25) is 0 Å². The average molecular weight is 313 g/mol. The van der Waals surface area contributed by atoms with E-state index in [0.717, 1.165) is 6.54 Å². The van der Waals surface area contributed by atoms with E-state index in [4.69, 9.17) is 9.84 Å². The summed E-state index contributed by atoms with van der Waals surface area (Å²) in [5.41, 5.74) is 0.718.